The fourth-order valence-electron chi connectivity index (χ4n) is 3.21. The van der Waals surface area contributed by atoms with Gasteiger partial charge in [0.05, 0.1) is 11.1 Å². The minimum absolute atomic E-state index is 0.171. The van der Waals surface area contributed by atoms with Gasteiger partial charge in [-0.15, -0.1) is 0 Å². The lowest BCUT2D eigenvalue weighted by Gasteiger charge is -2.08. The molecule has 0 fully saturated rings. The molecule has 1 N–H and O–H groups in total. The first-order valence-corrected chi connectivity index (χ1v) is 9.14. The van der Waals surface area contributed by atoms with Gasteiger partial charge in [0, 0.05) is 26.0 Å². The van der Waals surface area contributed by atoms with E-state index in [4.69, 9.17) is 4.42 Å². The van der Waals surface area contributed by atoms with Gasteiger partial charge in [0.2, 0.25) is 0 Å². The molecular formula is C24H18FNO3. The van der Waals surface area contributed by atoms with Crippen molar-refractivity contribution in [2.24, 2.45) is 7.05 Å². The molecule has 2 aromatic carbocycles. The van der Waals surface area contributed by atoms with Gasteiger partial charge in [-0.3, -0.25) is 4.79 Å². The average Bonchev–Trinajstić information content (AvgIpc) is 3.16. The number of aryl methyl sites for hydroxylation is 1. The lowest BCUT2D eigenvalue weighted by molar-refractivity contribution is 0.455. The topological polar surface area (TPSA) is 55.4 Å². The lowest BCUT2D eigenvalue weighted by Crippen LogP contribution is -2.21. The molecule has 0 aliphatic carbocycles. The first-order valence-electron chi connectivity index (χ1n) is 9.14. The number of benzene rings is 2. The van der Waals surface area contributed by atoms with Gasteiger partial charge in [-0.2, -0.15) is 0 Å². The molecule has 5 heteroatoms. The maximum Gasteiger partial charge on any atom is 0.258 e. The molecular weight excluding hydrogens is 369 g/mol. The summed E-state index contributed by atoms with van der Waals surface area (Å²) in [4.78, 5) is 12.7. The van der Waals surface area contributed by atoms with E-state index in [1.165, 1.54) is 16.7 Å². The van der Waals surface area contributed by atoms with Gasteiger partial charge in [0.1, 0.15) is 5.82 Å². The molecule has 0 amide bonds. The van der Waals surface area contributed by atoms with Crippen LogP contribution in [0, 0.1) is 17.7 Å². The van der Waals surface area contributed by atoms with Gasteiger partial charge in [-0.05, 0) is 29.2 Å². The number of nitrogens with zero attached hydrogens (tertiary/aromatic N) is 1. The van der Waals surface area contributed by atoms with Crippen molar-refractivity contribution >= 4 is 11.1 Å². The molecule has 2 heterocycles. The van der Waals surface area contributed by atoms with Crippen molar-refractivity contribution in [2.45, 2.75) is 12.8 Å². The van der Waals surface area contributed by atoms with Crippen molar-refractivity contribution in [3.8, 4) is 17.6 Å². The second-order valence-corrected chi connectivity index (χ2v) is 6.78. The summed E-state index contributed by atoms with van der Waals surface area (Å²) in [5.41, 5.74) is 2.36. The Morgan fingerprint density at radius 3 is 2.52 bits per heavy atom. The Hall–Kier alpha value is -3.78. The van der Waals surface area contributed by atoms with Crippen molar-refractivity contribution in [1.82, 2.24) is 4.57 Å². The molecule has 0 spiro atoms. The van der Waals surface area contributed by atoms with E-state index in [1.54, 1.807) is 25.2 Å². The maximum absolute atomic E-state index is 13.1. The Kier molecular flexibility index (Phi) is 4.92. The quantitative estimate of drug-likeness (QED) is 0.537. The van der Waals surface area contributed by atoms with Crippen LogP contribution >= 0.6 is 0 Å². The summed E-state index contributed by atoms with van der Waals surface area (Å²) in [6, 6.07) is 17.3. The number of halogens is 1. The van der Waals surface area contributed by atoms with Gasteiger partial charge in [0.15, 0.2) is 17.1 Å². The van der Waals surface area contributed by atoms with Crippen molar-refractivity contribution < 1.29 is 13.9 Å². The van der Waals surface area contributed by atoms with Gasteiger partial charge in [-0.25, -0.2) is 4.39 Å². The second-order valence-electron chi connectivity index (χ2n) is 6.78. The van der Waals surface area contributed by atoms with E-state index in [1.807, 2.05) is 30.3 Å². The van der Waals surface area contributed by atoms with Crippen LogP contribution in [0.15, 0.2) is 69.9 Å². The third kappa shape index (κ3) is 3.78. The summed E-state index contributed by atoms with van der Waals surface area (Å²) >= 11 is 0. The fraction of sp³-hybridized carbons (Fsp3) is 0.125. The van der Waals surface area contributed by atoms with Gasteiger partial charge in [-0.1, -0.05) is 48.4 Å². The minimum atomic E-state index is -0.355. The Balaban J connectivity index is 1.69. The molecule has 4 rings (SSSR count). The first kappa shape index (κ1) is 18.6. The Morgan fingerprint density at radius 1 is 1.07 bits per heavy atom. The highest BCUT2D eigenvalue weighted by molar-refractivity contribution is 5.82. The van der Waals surface area contributed by atoms with Crippen molar-refractivity contribution in [2.75, 3.05) is 0 Å². The van der Waals surface area contributed by atoms with Crippen molar-refractivity contribution in [3.63, 3.8) is 0 Å². The molecule has 0 atom stereocenters. The normalized spacial score (nSPS) is 10.7. The summed E-state index contributed by atoms with van der Waals surface area (Å²) in [6.07, 6.45) is 0.739. The van der Waals surface area contributed by atoms with E-state index < -0.39 is 0 Å². The number of hydrogen-bond donors (Lipinski definition) is 1. The molecule has 0 unspecified atom stereocenters. The molecule has 0 radical (unpaired) electrons. The number of aromatic nitrogens is 1. The summed E-state index contributed by atoms with van der Waals surface area (Å²) in [7, 11) is 1.62. The monoisotopic (exact) mass is 387 g/mol. The molecule has 0 aliphatic heterocycles. The van der Waals surface area contributed by atoms with E-state index in [0.717, 1.165) is 5.56 Å². The zero-order valence-corrected chi connectivity index (χ0v) is 15.8. The summed E-state index contributed by atoms with van der Waals surface area (Å²) < 4.78 is 20.3. The zero-order chi connectivity index (χ0) is 20.4. The number of fused-ring (bicyclic) bond motifs is 1. The Morgan fingerprint density at radius 2 is 1.79 bits per heavy atom. The van der Waals surface area contributed by atoms with E-state index in [0.29, 0.717) is 23.3 Å². The second kappa shape index (κ2) is 7.69. The maximum atomic E-state index is 13.1. The smallest absolute Gasteiger partial charge is 0.258 e. The van der Waals surface area contributed by atoms with Crippen LogP contribution in [-0.2, 0) is 19.9 Å². The van der Waals surface area contributed by atoms with Crippen LogP contribution in [0.4, 0.5) is 4.39 Å². The summed E-state index contributed by atoms with van der Waals surface area (Å²) in [5.74, 6) is 5.81. The average molecular weight is 387 g/mol. The molecule has 29 heavy (non-hydrogen) atoms. The van der Waals surface area contributed by atoms with Crippen LogP contribution in [0.2, 0.25) is 0 Å². The molecule has 0 saturated heterocycles. The summed E-state index contributed by atoms with van der Waals surface area (Å²) in [6.45, 7) is 0. The standard InChI is InChI=1S/C24H18FNO3/c1-26-21-15-19(9-5-8-16-6-3-2-4-7-16)29-23(21)22(27)20(24(26)28)14-17-10-12-18(25)13-11-17/h2-4,6-7,10-13,15,27H,8,14H2,1H3. The predicted octanol–water partition coefficient (Wildman–Crippen LogP) is 4.16. The molecule has 144 valence electrons. The third-order valence-corrected chi connectivity index (χ3v) is 4.78. The molecule has 0 aliphatic rings. The number of aromatic hydroxyl groups is 1. The van der Waals surface area contributed by atoms with E-state index in [2.05, 4.69) is 11.8 Å². The molecule has 4 nitrogen and oxygen atoms in total. The Labute approximate surface area is 166 Å². The number of pyridine rings is 1. The van der Waals surface area contributed by atoms with Gasteiger partial charge < -0.3 is 14.1 Å². The molecule has 0 bridgehead atoms. The highest BCUT2D eigenvalue weighted by Crippen LogP contribution is 2.30. The number of furan rings is 1. The zero-order valence-electron chi connectivity index (χ0n) is 15.8. The van der Waals surface area contributed by atoms with E-state index in [-0.39, 0.29) is 34.7 Å². The third-order valence-electron chi connectivity index (χ3n) is 4.78. The van der Waals surface area contributed by atoms with Crippen LogP contribution < -0.4 is 5.56 Å². The lowest BCUT2D eigenvalue weighted by atomic mass is 10.0. The molecule has 2 aromatic heterocycles. The van der Waals surface area contributed by atoms with E-state index >= 15 is 0 Å². The highest BCUT2D eigenvalue weighted by Gasteiger charge is 2.19. The number of rotatable bonds is 3. The Bertz CT molecular complexity index is 1290. The van der Waals surface area contributed by atoms with Crippen LogP contribution in [0.3, 0.4) is 0 Å². The van der Waals surface area contributed by atoms with Crippen LogP contribution in [-0.4, -0.2) is 9.67 Å². The van der Waals surface area contributed by atoms with Crippen molar-refractivity contribution in [1.29, 1.82) is 0 Å². The van der Waals surface area contributed by atoms with Gasteiger partial charge >= 0.3 is 0 Å². The fourth-order valence-corrected chi connectivity index (χ4v) is 3.21. The van der Waals surface area contributed by atoms with E-state index in [9.17, 15) is 14.3 Å². The minimum Gasteiger partial charge on any atom is -0.504 e. The van der Waals surface area contributed by atoms with Crippen molar-refractivity contribution in [3.05, 3.63) is 99.3 Å². The molecule has 4 aromatic rings. The SMILES string of the molecule is Cn1c(=O)c(Cc2ccc(F)cc2)c(O)c2oc(C#CCc3ccccc3)cc21. The predicted molar refractivity (Wildman–Crippen MR) is 109 cm³/mol. The highest BCUT2D eigenvalue weighted by atomic mass is 19.1. The molecule has 0 saturated carbocycles. The van der Waals surface area contributed by atoms with Crippen LogP contribution in [0.5, 0.6) is 5.75 Å². The summed E-state index contributed by atoms with van der Waals surface area (Å²) in [5, 5.41) is 10.7. The largest absolute Gasteiger partial charge is 0.504 e. The van der Waals surface area contributed by atoms with Gasteiger partial charge in [0.25, 0.3) is 5.56 Å². The first-order chi connectivity index (χ1) is 14.0. The van der Waals surface area contributed by atoms with Crippen LogP contribution in [0.25, 0.3) is 11.1 Å². The number of hydrogen-bond acceptors (Lipinski definition) is 3. The van der Waals surface area contributed by atoms with Crippen LogP contribution in [0.1, 0.15) is 22.5 Å².